The molecule has 1 heterocycles. The smallest absolute Gasteiger partial charge is 0.0416 e. The molecule has 90 valence electrons. The van der Waals surface area contributed by atoms with Gasteiger partial charge in [0.1, 0.15) is 0 Å². The maximum absolute atomic E-state index is 4.32. The summed E-state index contributed by atoms with van der Waals surface area (Å²) in [5.74, 6) is 0. The van der Waals surface area contributed by atoms with Gasteiger partial charge in [-0.25, -0.2) is 0 Å². The Morgan fingerprint density at radius 3 is 2.81 bits per heavy atom. The molecule has 1 rings (SSSR count). The van der Waals surface area contributed by atoms with Crippen LogP contribution in [0, 0.1) is 0 Å². The van der Waals surface area contributed by atoms with E-state index in [-0.39, 0.29) is 0 Å². The predicted molar refractivity (Wildman–Crippen MR) is 68.6 cm³/mol. The summed E-state index contributed by atoms with van der Waals surface area (Å²) in [6, 6.07) is 6.09. The van der Waals surface area contributed by atoms with E-state index in [1.165, 1.54) is 12.1 Å². The molecule has 0 amide bonds. The minimum Gasteiger partial charge on any atom is -0.315 e. The molecular weight excluding hydrogens is 198 g/mol. The molecule has 0 saturated carbocycles. The van der Waals surface area contributed by atoms with E-state index in [0.717, 1.165) is 32.6 Å². The van der Waals surface area contributed by atoms with Crippen LogP contribution in [-0.4, -0.2) is 43.1 Å². The molecule has 0 atom stereocenters. The molecule has 0 aliphatic rings. The molecule has 3 heteroatoms. The number of likely N-dealkylation sites (N-methyl/N-ethyl adjacent to an activating group) is 1. The summed E-state index contributed by atoms with van der Waals surface area (Å²) in [6.45, 7) is 6.57. The standard InChI is InChI=1S/C13H23N3/c1-3-8-14-10-12-16(2)11-7-13-6-4-5-9-15-13/h4-6,9,14H,3,7-8,10-12H2,1-2H3. The SMILES string of the molecule is CCCNCCN(C)CCc1ccccn1. The van der Waals surface area contributed by atoms with Crippen molar-refractivity contribution >= 4 is 0 Å². The lowest BCUT2D eigenvalue weighted by Gasteiger charge is -2.16. The minimum absolute atomic E-state index is 1.03. The first kappa shape index (κ1) is 13.1. The average Bonchev–Trinajstić information content (AvgIpc) is 2.33. The van der Waals surface area contributed by atoms with E-state index in [2.05, 4.69) is 35.2 Å². The van der Waals surface area contributed by atoms with Crippen molar-refractivity contribution in [2.24, 2.45) is 0 Å². The summed E-state index contributed by atoms with van der Waals surface area (Å²) in [6.07, 6.45) is 4.10. The van der Waals surface area contributed by atoms with Crippen LogP contribution >= 0.6 is 0 Å². The molecule has 0 aliphatic heterocycles. The normalized spacial score (nSPS) is 10.9. The third-order valence-electron chi connectivity index (χ3n) is 2.57. The average molecular weight is 221 g/mol. The van der Waals surface area contributed by atoms with Crippen LogP contribution < -0.4 is 5.32 Å². The van der Waals surface area contributed by atoms with Crippen molar-refractivity contribution in [1.82, 2.24) is 15.2 Å². The van der Waals surface area contributed by atoms with Crippen LogP contribution in [0.25, 0.3) is 0 Å². The lowest BCUT2D eigenvalue weighted by atomic mass is 10.2. The van der Waals surface area contributed by atoms with Gasteiger partial charge in [0.2, 0.25) is 0 Å². The van der Waals surface area contributed by atoms with E-state index in [9.17, 15) is 0 Å². The molecule has 0 saturated heterocycles. The van der Waals surface area contributed by atoms with Gasteiger partial charge in [0, 0.05) is 37.9 Å². The molecule has 0 aromatic carbocycles. The number of hydrogen-bond acceptors (Lipinski definition) is 3. The Kier molecular flexibility index (Phi) is 6.77. The van der Waals surface area contributed by atoms with Gasteiger partial charge in [-0.05, 0) is 32.1 Å². The first-order chi connectivity index (χ1) is 7.83. The lowest BCUT2D eigenvalue weighted by molar-refractivity contribution is 0.334. The molecule has 1 aromatic heterocycles. The Labute approximate surface area is 98.9 Å². The third-order valence-corrected chi connectivity index (χ3v) is 2.57. The Hall–Kier alpha value is -0.930. The predicted octanol–water partition coefficient (Wildman–Crippen LogP) is 1.56. The second-order valence-corrected chi connectivity index (χ2v) is 4.12. The van der Waals surface area contributed by atoms with Crippen LogP contribution in [0.1, 0.15) is 19.0 Å². The molecule has 0 radical (unpaired) electrons. The van der Waals surface area contributed by atoms with Gasteiger partial charge >= 0.3 is 0 Å². The fourth-order valence-electron chi connectivity index (χ4n) is 1.53. The topological polar surface area (TPSA) is 28.2 Å². The zero-order valence-electron chi connectivity index (χ0n) is 10.4. The van der Waals surface area contributed by atoms with Gasteiger partial charge in [-0.2, -0.15) is 0 Å². The number of pyridine rings is 1. The van der Waals surface area contributed by atoms with Crippen molar-refractivity contribution in [3.63, 3.8) is 0 Å². The molecular formula is C13H23N3. The van der Waals surface area contributed by atoms with Crippen molar-refractivity contribution < 1.29 is 0 Å². The summed E-state index contributed by atoms with van der Waals surface area (Å²) in [5, 5.41) is 3.41. The molecule has 1 N–H and O–H groups in total. The van der Waals surface area contributed by atoms with E-state index >= 15 is 0 Å². The van der Waals surface area contributed by atoms with Crippen molar-refractivity contribution in [2.75, 3.05) is 33.2 Å². The molecule has 0 unspecified atom stereocenters. The second-order valence-electron chi connectivity index (χ2n) is 4.12. The molecule has 3 nitrogen and oxygen atoms in total. The maximum atomic E-state index is 4.32. The van der Waals surface area contributed by atoms with Gasteiger partial charge in [0.05, 0.1) is 0 Å². The van der Waals surface area contributed by atoms with Crippen molar-refractivity contribution in [2.45, 2.75) is 19.8 Å². The first-order valence-corrected chi connectivity index (χ1v) is 6.12. The van der Waals surface area contributed by atoms with E-state index < -0.39 is 0 Å². The zero-order chi connectivity index (χ0) is 11.6. The van der Waals surface area contributed by atoms with Crippen molar-refractivity contribution in [1.29, 1.82) is 0 Å². The van der Waals surface area contributed by atoms with Gasteiger partial charge in [-0.15, -0.1) is 0 Å². The number of nitrogens with one attached hydrogen (secondary N) is 1. The van der Waals surface area contributed by atoms with Crippen LogP contribution in [0.5, 0.6) is 0 Å². The largest absolute Gasteiger partial charge is 0.315 e. The summed E-state index contributed by atoms with van der Waals surface area (Å²) in [4.78, 5) is 6.66. The first-order valence-electron chi connectivity index (χ1n) is 6.12. The quantitative estimate of drug-likeness (QED) is 0.675. The summed E-state index contributed by atoms with van der Waals surface area (Å²) in [7, 11) is 2.16. The van der Waals surface area contributed by atoms with Crippen LogP contribution in [0.3, 0.4) is 0 Å². The fourth-order valence-corrected chi connectivity index (χ4v) is 1.53. The van der Waals surface area contributed by atoms with E-state index in [1.807, 2.05) is 18.3 Å². The highest BCUT2D eigenvalue weighted by Gasteiger charge is 1.99. The van der Waals surface area contributed by atoms with Crippen molar-refractivity contribution in [3.8, 4) is 0 Å². The van der Waals surface area contributed by atoms with Gasteiger partial charge in [0.25, 0.3) is 0 Å². The molecule has 16 heavy (non-hydrogen) atoms. The highest BCUT2D eigenvalue weighted by molar-refractivity contribution is 5.03. The molecule has 0 spiro atoms. The van der Waals surface area contributed by atoms with Gasteiger partial charge < -0.3 is 10.2 Å². The number of hydrogen-bond donors (Lipinski definition) is 1. The highest BCUT2D eigenvalue weighted by Crippen LogP contribution is 1.95. The molecule has 0 fully saturated rings. The monoisotopic (exact) mass is 221 g/mol. The van der Waals surface area contributed by atoms with Crippen LogP contribution in [-0.2, 0) is 6.42 Å². The molecule has 1 aromatic rings. The molecule has 0 bridgehead atoms. The van der Waals surface area contributed by atoms with Gasteiger partial charge in [-0.1, -0.05) is 13.0 Å². The summed E-state index contributed by atoms with van der Waals surface area (Å²) >= 11 is 0. The Morgan fingerprint density at radius 2 is 2.12 bits per heavy atom. The number of aromatic nitrogens is 1. The van der Waals surface area contributed by atoms with Gasteiger partial charge in [0.15, 0.2) is 0 Å². The maximum Gasteiger partial charge on any atom is 0.0416 e. The minimum atomic E-state index is 1.03. The van der Waals surface area contributed by atoms with Crippen LogP contribution in [0.2, 0.25) is 0 Å². The number of nitrogens with zero attached hydrogens (tertiary/aromatic N) is 2. The van der Waals surface area contributed by atoms with Gasteiger partial charge in [-0.3, -0.25) is 4.98 Å². The van der Waals surface area contributed by atoms with E-state index in [4.69, 9.17) is 0 Å². The van der Waals surface area contributed by atoms with Crippen molar-refractivity contribution in [3.05, 3.63) is 30.1 Å². The Balaban J connectivity index is 2.08. The third kappa shape index (κ3) is 5.83. The van der Waals surface area contributed by atoms with Crippen LogP contribution in [0.4, 0.5) is 0 Å². The Bertz CT molecular complexity index is 261. The molecule has 0 aliphatic carbocycles. The number of rotatable bonds is 8. The fraction of sp³-hybridized carbons (Fsp3) is 0.615. The second kappa shape index (κ2) is 8.25. The van der Waals surface area contributed by atoms with Crippen LogP contribution in [0.15, 0.2) is 24.4 Å². The Morgan fingerprint density at radius 1 is 1.25 bits per heavy atom. The zero-order valence-corrected chi connectivity index (χ0v) is 10.4. The summed E-state index contributed by atoms with van der Waals surface area (Å²) in [5.41, 5.74) is 1.18. The lowest BCUT2D eigenvalue weighted by Crippen LogP contribution is -2.31. The highest BCUT2D eigenvalue weighted by atomic mass is 15.1. The summed E-state index contributed by atoms with van der Waals surface area (Å²) < 4.78 is 0. The van der Waals surface area contributed by atoms with E-state index in [1.54, 1.807) is 0 Å². The van der Waals surface area contributed by atoms with E-state index in [0.29, 0.717) is 0 Å².